The third-order valence-electron chi connectivity index (χ3n) is 5.02. The van der Waals surface area contributed by atoms with E-state index in [4.69, 9.17) is 4.74 Å². The molecule has 0 spiro atoms. The average molecular weight is 330 g/mol. The lowest BCUT2D eigenvalue weighted by Gasteiger charge is -2.22. The Kier molecular flexibility index (Phi) is 5.51. The van der Waals surface area contributed by atoms with Crippen LogP contribution in [-0.2, 0) is 14.3 Å². The van der Waals surface area contributed by atoms with Crippen LogP contribution in [0.1, 0.15) is 30.7 Å². The van der Waals surface area contributed by atoms with Gasteiger partial charge in [-0.3, -0.25) is 9.59 Å². The molecule has 3 rings (SSSR count). The van der Waals surface area contributed by atoms with Crippen molar-refractivity contribution in [2.75, 3.05) is 39.9 Å². The van der Waals surface area contributed by atoms with Gasteiger partial charge in [0, 0.05) is 39.2 Å². The number of amides is 2. The van der Waals surface area contributed by atoms with Gasteiger partial charge in [0.2, 0.25) is 11.8 Å². The zero-order chi connectivity index (χ0) is 16.9. The van der Waals surface area contributed by atoms with Gasteiger partial charge >= 0.3 is 0 Å². The molecule has 2 fully saturated rings. The zero-order valence-corrected chi connectivity index (χ0v) is 14.3. The molecule has 5 nitrogen and oxygen atoms in total. The van der Waals surface area contributed by atoms with Crippen molar-refractivity contribution in [3.63, 3.8) is 0 Å². The van der Waals surface area contributed by atoms with Crippen molar-refractivity contribution in [1.82, 2.24) is 9.80 Å². The first-order valence-electron chi connectivity index (χ1n) is 8.81. The number of benzene rings is 1. The Hall–Kier alpha value is -1.88. The summed E-state index contributed by atoms with van der Waals surface area (Å²) in [6, 6.07) is 10.3. The van der Waals surface area contributed by atoms with Crippen molar-refractivity contribution in [2.45, 2.75) is 25.2 Å². The molecule has 0 N–H and O–H groups in total. The van der Waals surface area contributed by atoms with E-state index in [1.807, 2.05) is 28.0 Å². The Labute approximate surface area is 143 Å². The molecule has 0 unspecified atom stereocenters. The molecule has 0 bridgehead atoms. The summed E-state index contributed by atoms with van der Waals surface area (Å²) in [5, 5.41) is 0. The maximum absolute atomic E-state index is 12.7. The Bertz CT molecular complexity index is 575. The van der Waals surface area contributed by atoms with E-state index in [1.54, 1.807) is 7.11 Å². The predicted molar refractivity (Wildman–Crippen MR) is 91.6 cm³/mol. The maximum atomic E-state index is 12.7. The molecule has 1 saturated carbocycles. The summed E-state index contributed by atoms with van der Waals surface area (Å²) in [5.74, 6) is 0.888. The monoisotopic (exact) mass is 330 g/mol. The third-order valence-corrected chi connectivity index (χ3v) is 5.02. The highest BCUT2D eigenvalue weighted by Crippen LogP contribution is 2.48. The molecule has 5 heteroatoms. The van der Waals surface area contributed by atoms with Gasteiger partial charge < -0.3 is 14.5 Å². The number of carbonyl (C=O) groups excluding carboxylic acids is 2. The Morgan fingerprint density at radius 1 is 1.08 bits per heavy atom. The minimum atomic E-state index is 0.125. The van der Waals surface area contributed by atoms with Crippen LogP contribution in [0.4, 0.5) is 0 Å². The lowest BCUT2D eigenvalue weighted by Crippen LogP contribution is -2.38. The lowest BCUT2D eigenvalue weighted by atomic mass is 10.1. The number of methoxy groups -OCH3 is 1. The molecule has 2 atom stereocenters. The fraction of sp³-hybridized carbons (Fsp3) is 0.579. The maximum Gasteiger partial charge on any atom is 0.226 e. The SMILES string of the molecule is COCCC(=O)N1CCCN(C(=O)[C@@H]2C[C@H]2c2ccccc2)CC1. The second kappa shape index (κ2) is 7.79. The predicted octanol–water partition coefficient (Wildman–Crippen LogP) is 1.89. The molecule has 1 aliphatic carbocycles. The van der Waals surface area contributed by atoms with Gasteiger partial charge in [0.25, 0.3) is 0 Å². The molecule has 0 aromatic heterocycles. The number of hydrogen-bond donors (Lipinski definition) is 0. The van der Waals surface area contributed by atoms with Crippen molar-refractivity contribution in [2.24, 2.45) is 5.92 Å². The van der Waals surface area contributed by atoms with E-state index in [2.05, 4.69) is 12.1 Å². The van der Waals surface area contributed by atoms with Crippen LogP contribution < -0.4 is 0 Å². The minimum Gasteiger partial charge on any atom is -0.384 e. The van der Waals surface area contributed by atoms with Gasteiger partial charge in [-0.15, -0.1) is 0 Å². The number of carbonyl (C=O) groups is 2. The van der Waals surface area contributed by atoms with E-state index < -0.39 is 0 Å². The van der Waals surface area contributed by atoms with Gasteiger partial charge in [0.1, 0.15) is 0 Å². The van der Waals surface area contributed by atoms with E-state index in [9.17, 15) is 9.59 Å². The van der Waals surface area contributed by atoms with Crippen LogP contribution >= 0.6 is 0 Å². The van der Waals surface area contributed by atoms with Crippen LogP contribution in [-0.4, -0.2) is 61.5 Å². The van der Waals surface area contributed by atoms with Crippen molar-refractivity contribution in [3.05, 3.63) is 35.9 Å². The molecule has 0 radical (unpaired) electrons. The van der Waals surface area contributed by atoms with Crippen LogP contribution in [0.3, 0.4) is 0 Å². The van der Waals surface area contributed by atoms with Crippen molar-refractivity contribution in [1.29, 1.82) is 0 Å². The number of nitrogens with zero attached hydrogens (tertiary/aromatic N) is 2. The van der Waals surface area contributed by atoms with Gasteiger partial charge in [0.15, 0.2) is 0 Å². The van der Waals surface area contributed by atoms with E-state index in [1.165, 1.54) is 5.56 Å². The summed E-state index contributed by atoms with van der Waals surface area (Å²) in [6.07, 6.45) is 2.23. The van der Waals surface area contributed by atoms with Crippen LogP contribution in [0.2, 0.25) is 0 Å². The molecular formula is C19H26N2O3. The van der Waals surface area contributed by atoms with Gasteiger partial charge in [-0.25, -0.2) is 0 Å². The topological polar surface area (TPSA) is 49.9 Å². The molecule has 2 amide bonds. The summed E-state index contributed by atoms with van der Waals surface area (Å²) in [5.41, 5.74) is 1.27. The molecule has 130 valence electrons. The smallest absolute Gasteiger partial charge is 0.226 e. The number of hydrogen-bond acceptors (Lipinski definition) is 3. The van der Waals surface area contributed by atoms with E-state index in [0.717, 1.165) is 25.9 Å². The molecular weight excluding hydrogens is 304 g/mol. The molecule has 1 aliphatic heterocycles. The summed E-state index contributed by atoms with van der Waals surface area (Å²) in [4.78, 5) is 28.7. The fourth-order valence-corrected chi connectivity index (χ4v) is 3.51. The summed E-state index contributed by atoms with van der Waals surface area (Å²) < 4.78 is 4.98. The average Bonchev–Trinajstić information content (AvgIpc) is 3.43. The summed E-state index contributed by atoms with van der Waals surface area (Å²) in [6.45, 7) is 3.23. The Morgan fingerprint density at radius 3 is 2.54 bits per heavy atom. The highest BCUT2D eigenvalue weighted by molar-refractivity contribution is 5.83. The van der Waals surface area contributed by atoms with Gasteiger partial charge in [0.05, 0.1) is 13.0 Å². The van der Waals surface area contributed by atoms with Crippen LogP contribution in [0.25, 0.3) is 0 Å². The van der Waals surface area contributed by atoms with Crippen molar-refractivity contribution in [3.8, 4) is 0 Å². The first-order valence-corrected chi connectivity index (χ1v) is 8.81. The first-order chi connectivity index (χ1) is 11.7. The van der Waals surface area contributed by atoms with E-state index >= 15 is 0 Å². The number of rotatable bonds is 5. The van der Waals surface area contributed by atoms with Crippen LogP contribution in [0.15, 0.2) is 30.3 Å². The Morgan fingerprint density at radius 2 is 1.79 bits per heavy atom. The molecule has 1 aromatic carbocycles. The second-order valence-corrected chi connectivity index (χ2v) is 6.66. The largest absolute Gasteiger partial charge is 0.384 e. The third kappa shape index (κ3) is 3.96. The fourth-order valence-electron chi connectivity index (χ4n) is 3.51. The minimum absolute atomic E-state index is 0.125. The zero-order valence-electron chi connectivity index (χ0n) is 14.3. The summed E-state index contributed by atoms with van der Waals surface area (Å²) in [7, 11) is 1.61. The van der Waals surface area contributed by atoms with Gasteiger partial charge in [-0.1, -0.05) is 30.3 Å². The highest BCUT2D eigenvalue weighted by Gasteiger charge is 2.45. The van der Waals surface area contributed by atoms with Gasteiger partial charge in [-0.05, 0) is 24.3 Å². The highest BCUT2D eigenvalue weighted by atomic mass is 16.5. The van der Waals surface area contributed by atoms with Crippen molar-refractivity contribution >= 4 is 11.8 Å². The van der Waals surface area contributed by atoms with Crippen LogP contribution in [0, 0.1) is 5.92 Å². The van der Waals surface area contributed by atoms with E-state index in [0.29, 0.717) is 32.0 Å². The second-order valence-electron chi connectivity index (χ2n) is 6.66. The molecule has 2 aliphatic rings. The van der Waals surface area contributed by atoms with Crippen LogP contribution in [0.5, 0.6) is 0 Å². The molecule has 1 aromatic rings. The standard InChI is InChI=1S/C19H26N2O3/c1-24-13-8-18(22)20-9-5-10-21(12-11-20)19(23)17-14-16(17)15-6-3-2-4-7-15/h2-4,6-7,16-17H,5,8-14H2,1H3/t16-,17+/m0/s1. The number of ether oxygens (including phenoxy) is 1. The first kappa shape index (κ1) is 17.0. The lowest BCUT2D eigenvalue weighted by molar-refractivity contribution is -0.134. The molecule has 24 heavy (non-hydrogen) atoms. The van der Waals surface area contributed by atoms with Gasteiger partial charge in [-0.2, -0.15) is 0 Å². The summed E-state index contributed by atoms with van der Waals surface area (Å²) >= 11 is 0. The molecule has 1 saturated heterocycles. The normalized spacial score (nSPS) is 23.7. The van der Waals surface area contributed by atoms with E-state index in [-0.39, 0.29) is 17.7 Å². The van der Waals surface area contributed by atoms with Crippen molar-refractivity contribution < 1.29 is 14.3 Å². The quantitative estimate of drug-likeness (QED) is 0.828. The Balaban J connectivity index is 1.51. The molecule has 1 heterocycles.